The van der Waals surface area contributed by atoms with Gasteiger partial charge in [-0.05, 0) is 36.1 Å². The first-order valence-electron chi connectivity index (χ1n) is 6.36. The lowest BCUT2D eigenvalue weighted by atomic mass is 10.0. The van der Waals surface area contributed by atoms with Crippen molar-refractivity contribution in [2.24, 2.45) is 0 Å². The number of nitriles is 1. The molecule has 0 aromatic heterocycles. The van der Waals surface area contributed by atoms with Gasteiger partial charge in [-0.3, -0.25) is 0 Å². The van der Waals surface area contributed by atoms with E-state index < -0.39 is 0 Å². The Balaban J connectivity index is 2.84. The summed E-state index contributed by atoms with van der Waals surface area (Å²) in [5.41, 5.74) is 2.40. The van der Waals surface area contributed by atoms with Crippen LogP contribution in [0.2, 0.25) is 0 Å². The minimum absolute atomic E-state index is 0.437. The van der Waals surface area contributed by atoms with Gasteiger partial charge in [0.2, 0.25) is 0 Å². The van der Waals surface area contributed by atoms with Crippen LogP contribution in [0, 0.1) is 11.3 Å². The number of rotatable bonds is 6. The average molecular weight is 246 g/mol. The van der Waals surface area contributed by atoms with Crippen molar-refractivity contribution in [2.45, 2.75) is 32.6 Å². The van der Waals surface area contributed by atoms with Gasteiger partial charge in [0, 0.05) is 25.7 Å². The van der Waals surface area contributed by atoms with Crippen LogP contribution in [0.1, 0.15) is 38.2 Å². The summed E-state index contributed by atoms with van der Waals surface area (Å²) in [6.07, 6.45) is 1.51. The molecule has 3 heteroatoms. The summed E-state index contributed by atoms with van der Waals surface area (Å²) in [6, 6.07) is 8.44. The van der Waals surface area contributed by atoms with Crippen LogP contribution in [-0.4, -0.2) is 20.7 Å². The van der Waals surface area contributed by atoms with Crippen molar-refractivity contribution in [1.82, 2.24) is 0 Å². The maximum Gasteiger partial charge on any atom is 0.122 e. The molecule has 0 fully saturated rings. The number of anilines is 1. The molecule has 0 heterocycles. The Kier molecular flexibility index (Phi) is 5.51. The van der Waals surface area contributed by atoms with Gasteiger partial charge in [-0.1, -0.05) is 13.8 Å². The molecule has 0 atom stereocenters. The van der Waals surface area contributed by atoms with Crippen molar-refractivity contribution in [3.63, 3.8) is 0 Å². The lowest BCUT2D eigenvalue weighted by Gasteiger charge is -2.21. The fraction of sp³-hybridized carbons (Fsp3) is 0.533. The fourth-order valence-corrected chi connectivity index (χ4v) is 1.93. The molecule has 0 aliphatic rings. The summed E-state index contributed by atoms with van der Waals surface area (Å²) < 4.78 is 5.38. The minimum Gasteiger partial charge on any atom is -0.496 e. The second-order valence-electron chi connectivity index (χ2n) is 4.76. The molecular formula is C15H22N2O. The van der Waals surface area contributed by atoms with Crippen molar-refractivity contribution < 1.29 is 4.74 Å². The summed E-state index contributed by atoms with van der Waals surface area (Å²) in [4.78, 5) is 2.18. The Bertz CT molecular complexity index is 421. The predicted molar refractivity (Wildman–Crippen MR) is 75.2 cm³/mol. The van der Waals surface area contributed by atoms with E-state index >= 15 is 0 Å². The summed E-state index contributed by atoms with van der Waals surface area (Å²) in [7, 11) is 3.76. The van der Waals surface area contributed by atoms with Gasteiger partial charge in [0.05, 0.1) is 13.2 Å². The first-order valence-corrected chi connectivity index (χ1v) is 6.36. The SMILES string of the molecule is COc1ccc(N(C)CCCC#N)cc1C(C)C. The third-order valence-corrected chi connectivity index (χ3v) is 3.06. The van der Waals surface area contributed by atoms with Crippen molar-refractivity contribution in [3.8, 4) is 11.8 Å². The van der Waals surface area contributed by atoms with Gasteiger partial charge >= 0.3 is 0 Å². The van der Waals surface area contributed by atoms with Crippen molar-refractivity contribution in [1.29, 1.82) is 5.26 Å². The number of nitrogens with zero attached hydrogens (tertiary/aromatic N) is 2. The monoisotopic (exact) mass is 246 g/mol. The van der Waals surface area contributed by atoms with E-state index in [4.69, 9.17) is 10.00 Å². The Morgan fingerprint density at radius 3 is 2.67 bits per heavy atom. The zero-order valence-electron chi connectivity index (χ0n) is 11.7. The van der Waals surface area contributed by atoms with Gasteiger partial charge < -0.3 is 9.64 Å². The normalized spacial score (nSPS) is 10.2. The average Bonchev–Trinajstić information content (AvgIpc) is 2.38. The molecule has 0 bridgehead atoms. The molecule has 0 radical (unpaired) electrons. The van der Waals surface area contributed by atoms with Gasteiger partial charge in [-0.2, -0.15) is 5.26 Å². The van der Waals surface area contributed by atoms with E-state index in [0.717, 1.165) is 18.7 Å². The Labute approximate surface area is 110 Å². The van der Waals surface area contributed by atoms with Gasteiger partial charge in [-0.25, -0.2) is 0 Å². The molecule has 0 aliphatic carbocycles. The first-order chi connectivity index (χ1) is 8.60. The Morgan fingerprint density at radius 2 is 2.11 bits per heavy atom. The van der Waals surface area contributed by atoms with Crippen LogP contribution < -0.4 is 9.64 Å². The van der Waals surface area contributed by atoms with Gasteiger partial charge in [0.25, 0.3) is 0 Å². The molecule has 0 saturated carbocycles. The summed E-state index contributed by atoms with van der Waals surface area (Å²) in [5.74, 6) is 1.38. The van der Waals surface area contributed by atoms with Crippen LogP contribution in [0.4, 0.5) is 5.69 Å². The molecule has 0 spiro atoms. The van der Waals surface area contributed by atoms with Crippen molar-refractivity contribution in [2.75, 3.05) is 25.6 Å². The third kappa shape index (κ3) is 3.66. The third-order valence-electron chi connectivity index (χ3n) is 3.06. The number of hydrogen-bond donors (Lipinski definition) is 0. The summed E-state index contributed by atoms with van der Waals surface area (Å²) in [6.45, 7) is 5.23. The van der Waals surface area contributed by atoms with Crippen LogP contribution in [0.15, 0.2) is 18.2 Å². The second kappa shape index (κ2) is 6.90. The minimum atomic E-state index is 0.437. The number of ether oxygens (including phenoxy) is 1. The van der Waals surface area contributed by atoms with Gasteiger partial charge in [-0.15, -0.1) is 0 Å². The molecule has 0 aliphatic heterocycles. The molecule has 18 heavy (non-hydrogen) atoms. The van der Waals surface area contributed by atoms with E-state index in [1.165, 1.54) is 11.3 Å². The van der Waals surface area contributed by atoms with E-state index in [1.807, 2.05) is 6.07 Å². The number of methoxy groups -OCH3 is 1. The highest BCUT2D eigenvalue weighted by Gasteiger charge is 2.10. The molecule has 3 nitrogen and oxygen atoms in total. The topological polar surface area (TPSA) is 36.3 Å². The van der Waals surface area contributed by atoms with Crippen LogP contribution in [-0.2, 0) is 0 Å². The lowest BCUT2D eigenvalue weighted by Crippen LogP contribution is -2.18. The fourth-order valence-electron chi connectivity index (χ4n) is 1.93. The molecule has 0 N–H and O–H groups in total. The highest BCUT2D eigenvalue weighted by molar-refractivity contribution is 5.53. The Hall–Kier alpha value is -1.69. The van der Waals surface area contributed by atoms with Gasteiger partial charge in [0.15, 0.2) is 0 Å². The van der Waals surface area contributed by atoms with Crippen LogP contribution in [0.25, 0.3) is 0 Å². The molecule has 98 valence electrons. The van der Waals surface area contributed by atoms with Crippen LogP contribution in [0.5, 0.6) is 5.75 Å². The quantitative estimate of drug-likeness (QED) is 0.720. The van der Waals surface area contributed by atoms with E-state index in [2.05, 4.69) is 44.0 Å². The van der Waals surface area contributed by atoms with Crippen molar-refractivity contribution >= 4 is 5.69 Å². The maximum atomic E-state index is 8.55. The molecule has 0 unspecified atom stereocenters. The molecule has 1 aromatic rings. The summed E-state index contributed by atoms with van der Waals surface area (Å²) >= 11 is 0. The smallest absolute Gasteiger partial charge is 0.122 e. The number of hydrogen-bond acceptors (Lipinski definition) is 3. The lowest BCUT2D eigenvalue weighted by molar-refractivity contribution is 0.407. The van der Waals surface area contributed by atoms with E-state index in [-0.39, 0.29) is 0 Å². The van der Waals surface area contributed by atoms with Gasteiger partial charge in [0.1, 0.15) is 5.75 Å². The Morgan fingerprint density at radius 1 is 1.39 bits per heavy atom. The van der Waals surface area contributed by atoms with E-state index in [9.17, 15) is 0 Å². The largest absolute Gasteiger partial charge is 0.496 e. The van der Waals surface area contributed by atoms with E-state index in [0.29, 0.717) is 12.3 Å². The predicted octanol–water partition coefficient (Wildman–Crippen LogP) is 3.56. The molecule has 0 amide bonds. The standard InChI is InChI=1S/C15H22N2O/c1-12(2)14-11-13(7-8-15(14)18-4)17(3)10-6-5-9-16/h7-8,11-12H,5-6,10H2,1-4H3. The molecule has 1 aromatic carbocycles. The van der Waals surface area contributed by atoms with Crippen LogP contribution >= 0.6 is 0 Å². The second-order valence-corrected chi connectivity index (χ2v) is 4.76. The van der Waals surface area contributed by atoms with Crippen molar-refractivity contribution in [3.05, 3.63) is 23.8 Å². The zero-order chi connectivity index (χ0) is 13.5. The molecule has 0 saturated heterocycles. The first kappa shape index (κ1) is 14.4. The van der Waals surface area contributed by atoms with E-state index in [1.54, 1.807) is 7.11 Å². The van der Waals surface area contributed by atoms with Crippen LogP contribution in [0.3, 0.4) is 0 Å². The number of unbranched alkanes of at least 4 members (excludes halogenated alkanes) is 1. The highest BCUT2D eigenvalue weighted by atomic mass is 16.5. The zero-order valence-corrected chi connectivity index (χ0v) is 11.7. The summed E-state index contributed by atoms with van der Waals surface area (Å²) in [5, 5.41) is 8.55. The molecule has 1 rings (SSSR count). The number of benzene rings is 1. The molecular weight excluding hydrogens is 224 g/mol. The highest BCUT2D eigenvalue weighted by Crippen LogP contribution is 2.30. The maximum absolute atomic E-state index is 8.55.